The van der Waals surface area contributed by atoms with Gasteiger partial charge in [0.2, 0.25) is 0 Å². The summed E-state index contributed by atoms with van der Waals surface area (Å²) in [5, 5.41) is 0. The molecule has 0 unspecified atom stereocenters. The molecule has 0 heterocycles. The summed E-state index contributed by atoms with van der Waals surface area (Å²) in [5.74, 6) is 0. The summed E-state index contributed by atoms with van der Waals surface area (Å²) in [6.45, 7) is 0.502. The summed E-state index contributed by atoms with van der Waals surface area (Å²) >= 11 is 4.15. The third-order valence-electron chi connectivity index (χ3n) is 2.61. The van der Waals surface area contributed by atoms with Crippen LogP contribution in [0.4, 0.5) is 4.39 Å². The van der Waals surface area contributed by atoms with Crippen molar-refractivity contribution in [1.29, 1.82) is 0 Å². The Hall–Kier alpha value is -1.06. The number of benzene rings is 1. The Labute approximate surface area is 106 Å². The monoisotopic (exact) mass is 250 g/mol. The van der Waals surface area contributed by atoms with E-state index in [9.17, 15) is 4.39 Å². The fourth-order valence-corrected chi connectivity index (χ4v) is 2.10. The van der Waals surface area contributed by atoms with Gasteiger partial charge in [0, 0.05) is 11.3 Å². The summed E-state index contributed by atoms with van der Waals surface area (Å²) in [5.41, 5.74) is -0.363. The molecule has 0 amide bonds. The van der Waals surface area contributed by atoms with Crippen molar-refractivity contribution in [3.8, 4) is 0 Å². The number of halogens is 1. The molecule has 1 aliphatic carbocycles. The van der Waals surface area contributed by atoms with Gasteiger partial charge in [-0.1, -0.05) is 42.5 Å². The van der Waals surface area contributed by atoms with E-state index in [0.717, 1.165) is 5.56 Å². The SMILES string of the molecule is F[C@]1(COCc2ccccc2)C=C(S)C=CC1. The van der Waals surface area contributed by atoms with Gasteiger partial charge < -0.3 is 4.74 Å². The lowest BCUT2D eigenvalue weighted by atomic mass is 9.98. The Kier molecular flexibility index (Phi) is 4.02. The van der Waals surface area contributed by atoms with Crippen LogP contribution in [0.1, 0.15) is 12.0 Å². The van der Waals surface area contributed by atoms with Gasteiger partial charge >= 0.3 is 0 Å². The minimum Gasteiger partial charge on any atom is -0.373 e. The minimum absolute atomic E-state index is 0.0658. The summed E-state index contributed by atoms with van der Waals surface area (Å²) < 4.78 is 19.6. The van der Waals surface area contributed by atoms with Crippen molar-refractivity contribution in [3.05, 3.63) is 59.0 Å². The molecule has 3 heteroatoms. The summed E-state index contributed by atoms with van der Waals surface area (Å²) in [6.07, 6.45) is 5.46. The van der Waals surface area contributed by atoms with Crippen molar-refractivity contribution >= 4 is 12.6 Å². The molecule has 0 saturated heterocycles. The molecular weight excluding hydrogens is 235 g/mol. The fourth-order valence-electron chi connectivity index (χ4n) is 1.76. The van der Waals surface area contributed by atoms with Crippen LogP contribution in [0.25, 0.3) is 0 Å². The van der Waals surface area contributed by atoms with Gasteiger partial charge in [-0.2, -0.15) is 0 Å². The number of thiol groups is 1. The molecule has 1 atom stereocenters. The normalized spacial score (nSPS) is 23.5. The zero-order chi connectivity index (χ0) is 12.1. The van der Waals surface area contributed by atoms with E-state index in [4.69, 9.17) is 4.74 Å². The van der Waals surface area contributed by atoms with Gasteiger partial charge in [-0.3, -0.25) is 0 Å². The van der Waals surface area contributed by atoms with E-state index in [0.29, 0.717) is 17.9 Å². The Morgan fingerprint density at radius 1 is 1.29 bits per heavy atom. The number of alkyl halides is 1. The number of ether oxygens (including phenoxy) is 1. The number of allylic oxidation sites excluding steroid dienone is 2. The van der Waals surface area contributed by atoms with Crippen LogP contribution in [0.2, 0.25) is 0 Å². The average Bonchev–Trinajstić information content (AvgIpc) is 2.30. The van der Waals surface area contributed by atoms with Gasteiger partial charge in [0.1, 0.15) is 0 Å². The first-order valence-electron chi connectivity index (χ1n) is 5.57. The maximum atomic E-state index is 14.2. The van der Waals surface area contributed by atoms with E-state index in [1.165, 1.54) is 6.08 Å². The molecule has 2 rings (SSSR count). The Bertz CT molecular complexity index is 427. The molecule has 0 saturated carbocycles. The van der Waals surface area contributed by atoms with Crippen molar-refractivity contribution in [2.75, 3.05) is 6.61 Å². The van der Waals surface area contributed by atoms with E-state index in [1.54, 1.807) is 12.2 Å². The van der Waals surface area contributed by atoms with E-state index in [2.05, 4.69) is 12.6 Å². The van der Waals surface area contributed by atoms with Crippen molar-refractivity contribution in [1.82, 2.24) is 0 Å². The van der Waals surface area contributed by atoms with E-state index < -0.39 is 5.67 Å². The summed E-state index contributed by atoms with van der Waals surface area (Å²) in [6, 6.07) is 9.76. The lowest BCUT2D eigenvalue weighted by molar-refractivity contribution is 0.0341. The second kappa shape index (κ2) is 5.52. The molecule has 1 aliphatic rings. The number of rotatable bonds is 4. The first-order valence-corrected chi connectivity index (χ1v) is 6.02. The van der Waals surface area contributed by atoms with Gasteiger partial charge in [-0.05, 0) is 11.6 Å². The Balaban J connectivity index is 1.85. The molecule has 0 bridgehead atoms. The Morgan fingerprint density at radius 2 is 2.06 bits per heavy atom. The van der Waals surface area contributed by atoms with E-state index >= 15 is 0 Å². The van der Waals surface area contributed by atoms with Crippen LogP contribution in [-0.2, 0) is 11.3 Å². The lowest BCUT2D eigenvalue weighted by Gasteiger charge is -2.23. The molecule has 0 spiro atoms. The molecule has 0 aliphatic heterocycles. The second-order valence-electron chi connectivity index (χ2n) is 4.19. The molecule has 0 aromatic heterocycles. The summed E-state index contributed by atoms with van der Waals surface area (Å²) in [4.78, 5) is 0.655. The molecule has 17 heavy (non-hydrogen) atoms. The number of hydrogen-bond acceptors (Lipinski definition) is 2. The molecular formula is C14H15FOS. The van der Waals surface area contributed by atoms with Crippen molar-refractivity contribution in [3.63, 3.8) is 0 Å². The van der Waals surface area contributed by atoms with Crippen LogP contribution >= 0.6 is 12.6 Å². The largest absolute Gasteiger partial charge is 0.373 e. The number of hydrogen-bond donors (Lipinski definition) is 1. The lowest BCUT2D eigenvalue weighted by Crippen LogP contribution is -2.27. The van der Waals surface area contributed by atoms with Gasteiger partial charge in [-0.15, -0.1) is 12.6 Å². The third kappa shape index (κ3) is 3.72. The highest BCUT2D eigenvalue weighted by Crippen LogP contribution is 2.27. The highest BCUT2D eigenvalue weighted by Gasteiger charge is 2.28. The van der Waals surface area contributed by atoms with Crippen LogP contribution in [0, 0.1) is 0 Å². The van der Waals surface area contributed by atoms with Crippen molar-refractivity contribution in [2.24, 2.45) is 0 Å². The third-order valence-corrected chi connectivity index (χ3v) is 2.88. The smallest absolute Gasteiger partial charge is 0.157 e. The predicted molar refractivity (Wildman–Crippen MR) is 70.8 cm³/mol. The van der Waals surface area contributed by atoms with Crippen LogP contribution in [-0.4, -0.2) is 12.3 Å². The van der Waals surface area contributed by atoms with Crippen LogP contribution < -0.4 is 0 Å². The molecule has 1 nitrogen and oxygen atoms in total. The van der Waals surface area contributed by atoms with Crippen molar-refractivity contribution < 1.29 is 9.13 Å². The molecule has 0 N–H and O–H groups in total. The molecule has 0 radical (unpaired) electrons. The highest BCUT2D eigenvalue weighted by molar-refractivity contribution is 7.84. The molecule has 90 valence electrons. The summed E-state index contributed by atoms with van der Waals surface area (Å²) in [7, 11) is 0. The van der Waals surface area contributed by atoms with Gasteiger partial charge in [0.05, 0.1) is 13.2 Å². The zero-order valence-corrected chi connectivity index (χ0v) is 10.4. The minimum atomic E-state index is -1.42. The Morgan fingerprint density at radius 3 is 2.76 bits per heavy atom. The van der Waals surface area contributed by atoms with Gasteiger partial charge in [0.15, 0.2) is 5.67 Å². The molecule has 0 fully saturated rings. The quantitative estimate of drug-likeness (QED) is 0.802. The van der Waals surface area contributed by atoms with Gasteiger partial charge in [-0.25, -0.2) is 4.39 Å². The fraction of sp³-hybridized carbons (Fsp3) is 0.286. The molecule has 1 aromatic carbocycles. The average molecular weight is 250 g/mol. The molecule has 1 aromatic rings. The van der Waals surface area contributed by atoms with Crippen LogP contribution in [0.5, 0.6) is 0 Å². The van der Waals surface area contributed by atoms with Crippen molar-refractivity contribution in [2.45, 2.75) is 18.7 Å². The maximum Gasteiger partial charge on any atom is 0.157 e. The first kappa shape index (κ1) is 12.4. The zero-order valence-electron chi connectivity index (χ0n) is 9.47. The van der Waals surface area contributed by atoms with E-state index in [-0.39, 0.29) is 6.61 Å². The second-order valence-corrected chi connectivity index (χ2v) is 4.71. The topological polar surface area (TPSA) is 9.23 Å². The highest BCUT2D eigenvalue weighted by atomic mass is 32.1. The van der Waals surface area contributed by atoms with Crippen LogP contribution in [0.15, 0.2) is 53.5 Å². The first-order chi connectivity index (χ1) is 8.18. The standard InChI is InChI=1S/C14H15FOS/c15-14(8-4-7-13(17)9-14)11-16-10-12-5-2-1-3-6-12/h1-7,9,17H,8,10-11H2/t14-/m0/s1. The predicted octanol–water partition coefficient (Wildman–Crippen LogP) is 3.69. The maximum absolute atomic E-state index is 14.2. The van der Waals surface area contributed by atoms with E-state index in [1.807, 2.05) is 30.3 Å². The van der Waals surface area contributed by atoms with Gasteiger partial charge in [0.25, 0.3) is 0 Å². The van der Waals surface area contributed by atoms with Crippen LogP contribution in [0.3, 0.4) is 0 Å².